The number of nitrogen functional groups attached to an aromatic ring is 1. The Balaban J connectivity index is 1.61. The molecule has 7 heteroatoms. The molecule has 106 valence electrons. The number of amides is 1. The van der Waals surface area contributed by atoms with E-state index in [9.17, 15) is 4.79 Å². The number of carbonyl (C=O) groups is 1. The van der Waals surface area contributed by atoms with Crippen molar-refractivity contribution >= 4 is 39.0 Å². The van der Waals surface area contributed by atoms with Crippen LogP contribution in [0.3, 0.4) is 0 Å². The highest BCUT2D eigenvalue weighted by molar-refractivity contribution is 7.14. The van der Waals surface area contributed by atoms with Gasteiger partial charge in [-0.3, -0.25) is 15.2 Å². The van der Waals surface area contributed by atoms with Crippen LogP contribution in [0.2, 0.25) is 0 Å². The third kappa shape index (κ3) is 2.25. The summed E-state index contributed by atoms with van der Waals surface area (Å²) in [5.74, 6) is 0.307. The lowest BCUT2D eigenvalue weighted by molar-refractivity contribution is 0.102. The summed E-state index contributed by atoms with van der Waals surface area (Å²) in [4.78, 5) is 16.8. The minimum Gasteiger partial charge on any atom is -0.399 e. The summed E-state index contributed by atoms with van der Waals surface area (Å²) in [7, 11) is 0. The molecule has 0 saturated heterocycles. The van der Waals surface area contributed by atoms with Crippen molar-refractivity contribution in [3.05, 3.63) is 35.0 Å². The number of fused-ring (bicyclic) bond motifs is 1. The molecule has 0 atom stereocenters. The van der Waals surface area contributed by atoms with Crippen molar-refractivity contribution in [2.75, 3.05) is 11.1 Å². The van der Waals surface area contributed by atoms with Crippen molar-refractivity contribution in [1.82, 2.24) is 15.2 Å². The zero-order valence-electron chi connectivity index (χ0n) is 11.1. The lowest BCUT2D eigenvalue weighted by Gasteiger charge is -1.99. The monoisotopic (exact) mass is 299 g/mol. The maximum atomic E-state index is 12.3. The van der Waals surface area contributed by atoms with Gasteiger partial charge in [-0.2, -0.15) is 5.10 Å². The van der Waals surface area contributed by atoms with Crippen molar-refractivity contribution < 1.29 is 4.79 Å². The van der Waals surface area contributed by atoms with Crippen LogP contribution in [-0.4, -0.2) is 21.1 Å². The van der Waals surface area contributed by atoms with Gasteiger partial charge in [-0.25, -0.2) is 4.98 Å². The third-order valence-corrected chi connectivity index (χ3v) is 4.32. The smallest absolute Gasteiger partial charge is 0.278 e. The van der Waals surface area contributed by atoms with E-state index in [2.05, 4.69) is 20.5 Å². The van der Waals surface area contributed by atoms with Gasteiger partial charge in [-0.05, 0) is 31.0 Å². The first-order chi connectivity index (χ1) is 10.2. The maximum absolute atomic E-state index is 12.3. The lowest BCUT2D eigenvalue weighted by Crippen LogP contribution is -2.12. The normalized spacial score (nSPS) is 14.5. The third-order valence-electron chi connectivity index (χ3n) is 3.54. The molecule has 4 N–H and O–H groups in total. The molecule has 2 heterocycles. The highest BCUT2D eigenvalue weighted by Gasteiger charge is 2.26. The summed E-state index contributed by atoms with van der Waals surface area (Å²) in [6.45, 7) is 0. The number of thiazole rings is 1. The quantitative estimate of drug-likeness (QED) is 0.648. The fraction of sp³-hybridized carbons (Fsp3) is 0.214. The largest absolute Gasteiger partial charge is 0.399 e. The molecule has 0 unspecified atom stereocenters. The fourth-order valence-electron chi connectivity index (χ4n) is 2.27. The summed E-state index contributed by atoms with van der Waals surface area (Å²) in [6, 6.07) is 5.32. The molecule has 1 aliphatic rings. The number of nitrogens with one attached hydrogen (secondary N) is 2. The van der Waals surface area contributed by atoms with Gasteiger partial charge in [0, 0.05) is 22.4 Å². The standard InChI is InChI=1S/C14H13N5OS/c15-8-3-4-10-9(5-8)12(19-18-10)13(20)17-14-16-11(6-21-14)7-1-2-7/h3-7H,1-2,15H2,(H,18,19)(H,16,17,20). The molecule has 1 aliphatic carbocycles. The molecule has 1 fully saturated rings. The van der Waals surface area contributed by atoms with Gasteiger partial charge in [0.25, 0.3) is 5.91 Å². The number of benzene rings is 1. The molecule has 21 heavy (non-hydrogen) atoms. The number of hydrogen-bond acceptors (Lipinski definition) is 5. The van der Waals surface area contributed by atoms with Crippen LogP contribution in [0.1, 0.15) is 34.9 Å². The molecule has 1 aromatic carbocycles. The van der Waals surface area contributed by atoms with Crippen LogP contribution in [-0.2, 0) is 0 Å². The molecule has 4 rings (SSSR count). The van der Waals surface area contributed by atoms with Gasteiger partial charge >= 0.3 is 0 Å². The van der Waals surface area contributed by atoms with Gasteiger partial charge in [0.1, 0.15) is 0 Å². The van der Waals surface area contributed by atoms with Gasteiger partial charge in [-0.15, -0.1) is 11.3 Å². The predicted octanol–water partition coefficient (Wildman–Crippen LogP) is 2.73. The Labute approximate surface area is 124 Å². The first-order valence-corrected chi connectivity index (χ1v) is 7.59. The number of aromatic amines is 1. The highest BCUT2D eigenvalue weighted by atomic mass is 32.1. The van der Waals surface area contributed by atoms with Gasteiger partial charge < -0.3 is 5.73 Å². The second-order valence-electron chi connectivity index (χ2n) is 5.18. The van der Waals surface area contributed by atoms with Crippen LogP contribution in [0.25, 0.3) is 10.9 Å². The van der Waals surface area contributed by atoms with Crippen LogP contribution in [0.15, 0.2) is 23.6 Å². The number of carbonyl (C=O) groups excluding carboxylic acids is 1. The second-order valence-corrected chi connectivity index (χ2v) is 6.04. The molecular formula is C14H13N5OS. The minimum atomic E-state index is -0.274. The molecule has 0 spiro atoms. The summed E-state index contributed by atoms with van der Waals surface area (Å²) in [5.41, 5.74) is 8.56. The molecule has 0 bridgehead atoms. The van der Waals surface area contributed by atoms with Gasteiger partial charge in [-0.1, -0.05) is 0 Å². The molecule has 1 saturated carbocycles. The van der Waals surface area contributed by atoms with Gasteiger partial charge in [0.2, 0.25) is 0 Å². The highest BCUT2D eigenvalue weighted by Crippen LogP contribution is 2.40. The van der Waals surface area contributed by atoms with E-state index in [1.807, 2.05) is 11.4 Å². The number of nitrogens with two attached hydrogens (primary N) is 1. The van der Waals surface area contributed by atoms with Gasteiger partial charge in [0.05, 0.1) is 11.2 Å². The van der Waals surface area contributed by atoms with Crippen LogP contribution in [0.4, 0.5) is 10.8 Å². The molecule has 6 nitrogen and oxygen atoms in total. The first kappa shape index (κ1) is 12.3. The molecule has 3 aromatic rings. The van der Waals surface area contributed by atoms with Crippen molar-refractivity contribution in [2.45, 2.75) is 18.8 Å². The van der Waals surface area contributed by atoms with E-state index in [-0.39, 0.29) is 5.91 Å². The number of hydrogen-bond donors (Lipinski definition) is 3. The van der Waals surface area contributed by atoms with Crippen LogP contribution < -0.4 is 11.1 Å². The van der Waals surface area contributed by atoms with E-state index in [1.165, 1.54) is 24.2 Å². The van der Waals surface area contributed by atoms with E-state index < -0.39 is 0 Å². The van der Waals surface area contributed by atoms with E-state index >= 15 is 0 Å². The molecule has 1 amide bonds. The Kier molecular flexibility index (Phi) is 2.68. The average Bonchev–Trinajstić information content (AvgIpc) is 3.07. The van der Waals surface area contributed by atoms with Crippen molar-refractivity contribution in [1.29, 1.82) is 0 Å². The minimum absolute atomic E-state index is 0.274. The summed E-state index contributed by atoms with van der Waals surface area (Å²) in [5, 5.41) is 13.0. The fourth-order valence-corrected chi connectivity index (χ4v) is 3.06. The van der Waals surface area contributed by atoms with Crippen molar-refractivity contribution in [3.63, 3.8) is 0 Å². The second kappa shape index (κ2) is 4.56. The maximum Gasteiger partial charge on any atom is 0.278 e. The first-order valence-electron chi connectivity index (χ1n) is 6.71. The van der Waals surface area contributed by atoms with Crippen molar-refractivity contribution in [3.8, 4) is 0 Å². The zero-order valence-corrected chi connectivity index (χ0v) is 11.9. The Morgan fingerprint density at radius 3 is 3.10 bits per heavy atom. The Morgan fingerprint density at radius 2 is 2.29 bits per heavy atom. The zero-order chi connectivity index (χ0) is 14.4. The number of rotatable bonds is 3. The van der Waals surface area contributed by atoms with E-state index in [1.54, 1.807) is 12.1 Å². The molecule has 0 radical (unpaired) electrons. The number of anilines is 2. The summed E-state index contributed by atoms with van der Waals surface area (Å²) >= 11 is 1.45. The average molecular weight is 299 g/mol. The Hall–Kier alpha value is -2.41. The Bertz CT molecular complexity index is 833. The SMILES string of the molecule is Nc1ccc2[nH]nc(C(=O)Nc3nc(C4CC4)cs3)c2c1. The van der Waals surface area contributed by atoms with Crippen LogP contribution in [0, 0.1) is 0 Å². The summed E-state index contributed by atoms with van der Waals surface area (Å²) in [6.07, 6.45) is 2.39. The number of aromatic nitrogens is 3. The molecular weight excluding hydrogens is 286 g/mol. The topological polar surface area (TPSA) is 96.7 Å². The summed E-state index contributed by atoms with van der Waals surface area (Å²) < 4.78 is 0. The molecule has 0 aliphatic heterocycles. The van der Waals surface area contributed by atoms with E-state index in [4.69, 9.17) is 5.73 Å². The lowest BCUT2D eigenvalue weighted by atomic mass is 10.2. The molecule has 2 aromatic heterocycles. The number of nitrogens with zero attached hydrogens (tertiary/aromatic N) is 2. The van der Waals surface area contributed by atoms with Crippen molar-refractivity contribution in [2.24, 2.45) is 0 Å². The van der Waals surface area contributed by atoms with Crippen LogP contribution >= 0.6 is 11.3 Å². The van der Waals surface area contributed by atoms with Gasteiger partial charge in [0.15, 0.2) is 10.8 Å². The Morgan fingerprint density at radius 1 is 1.43 bits per heavy atom. The van der Waals surface area contributed by atoms with E-state index in [0.29, 0.717) is 27.8 Å². The predicted molar refractivity (Wildman–Crippen MR) is 82.5 cm³/mol. The van der Waals surface area contributed by atoms with E-state index in [0.717, 1.165) is 11.2 Å². The van der Waals surface area contributed by atoms with Crippen LogP contribution in [0.5, 0.6) is 0 Å². The number of H-pyrrole nitrogens is 1.